The maximum atomic E-state index is 12.6. The summed E-state index contributed by atoms with van der Waals surface area (Å²) in [6.45, 7) is 8.47. The van der Waals surface area contributed by atoms with E-state index in [1.54, 1.807) is 12.3 Å². The van der Waals surface area contributed by atoms with Gasteiger partial charge in [-0.1, -0.05) is 23.8 Å². The second kappa shape index (κ2) is 10.6. The van der Waals surface area contributed by atoms with Crippen molar-refractivity contribution in [3.05, 3.63) is 41.4 Å². The first-order valence-electron chi connectivity index (χ1n) is 10.1. The third-order valence-electron chi connectivity index (χ3n) is 5.11. The number of hydrogen-bond donors (Lipinski definition) is 1. The number of unbranched alkanes of at least 4 members (excludes halogenated alkanes) is 1. The molecule has 0 aromatic carbocycles. The molecule has 3 heterocycles. The topological polar surface area (TPSA) is 71.3 Å². The van der Waals surface area contributed by atoms with Crippen LogP contribution in [-0.2, 0) is 5.75 Å². The molecule has 6 nitrogen and oxygen atoms in total. The minimum atomic E-state index is -0.0567. The van der Waals surface area contributed by atoms with Crippen LogP contribution in [-0.4, -0.2) is 47.1 Å². The summed E-state index contributed by atoms with van der Waals surface area (Å²) in [6, 6.07) is 5.53. The Labute approximate surface area is 171 Å². The number of piperidine rings is 1. The number of nitrogens with one attached hydrogen (secondary N) is 1. The number of pyridine rings is 1. The molecular formula is C21H30N4O2S. The molecule has 0 bridgehead atoms. The molecule has 0 unspecified atom stereocenters. The Kier molecular flexibility index (Phi) is 7.91. The third kappa shape index (κ3) is 6.34. The fraction of sp³-hybridized carbons (Fsp3) is 0.571. The minimum absolute atomic E-state index is 0.0567. The van der Waals surface area contributed by atoms with Gasteiger partial charge in [0.1, 0.15) is 10.8 Å². The van der Waals surface area contributed by atoms with E-state index in [2.05, 4.69) is 27.3 Å². The molecule has 2 aromatic rings. The van der Waals surface area contributed by atoms with Crippen molar-refractivity contribution in [2.24, 2.45) is 5.92 Å². The van der Waals surface area contributed by atoms with Crippen molar-refractivity contribution in [3.63, 3.8) is 0 Å². The first kappa shape index (κ1) is 20.9. The van der Waals surface area contributed by atoms with Gasteiger partial charge >= 0.3 is 0 Å². The molecule has 0 spiro atoms. The molecule has 28 heavy (non-hydrogen) atoms. The van der Waals surface area contributed by atoms with Crippen LogP contribution in [0.5, 0.6) is 0 Å². The minimum Gasteiger partial charge on any atom is -0.361 e. The number of aromatic nitrogens is 2. The average molecular weight is 403 g/mol. The van der Waals surface area contributed by atoms with Gasteiger partial charge in [-0.3, -0.25) is 4.79 Å². The van der Waals surface area contributed by atoms with Crippen LogP contribution in [0.15, 0.2) is 33.9 Å². The SMILES string of the molecule is Cc1cc(CSc2ncccc2C(=O)NCCCCN2CCC(C)CC2)no1. The van der Waals surface area contributed by atoms with E-state index in [0.717, 1.165) is 41.8 Å². The molecule has 1 amide bonds. The monoisotopic (exact) mass is 402 g/mol. The van der Waals surface area contributed by atoms with Crippen LogP contribution < -0.4 is 5.32 Å². The molecule has 0 radical (unpaired) electrons. The van der Waals surface area contributed by atoms with Crippen molar-refractivity contribution in [2.45, 2.75) is 50.3 Å². The Hall–Kier alpha value is -1.86. The molecule has 0 atom stereocenters. The van der Waals surface area contributed by atoms with Crippen molar-refractivity contribution in [1.82, 2.24) is 20.4 Å². The van der Waals surface area contributed by atoms with Gasteiger partial charge in [0.2, 0.25) is 0 Å². The van der Waals surface area contributed by atoms with Crippen LogP contribution in [0.2, 0.25) is 0 Å². The van der Waals surface area contributed by atoms with Crippen LogP contribution in [0, 0.1) is 12.8 Å². The number of thioether (sulfide) groups is 1. The van der Waals surface area contributed by atoms with Crippen LogP contribution in [0.3, 0.4) is 0 Å². The zero-order chi connectivity index (χ0) is 19.8. The van der Waals surface area contributed by atoms with Crippen LogP contribution in [0.4, 0.5) is 0 Å². The highest BCUT2D eigenvalue weighted by atomic mass is 32.2. The fourth-order valence-corrected chi connectivity index (χ4v) is 4.22. The highest BCUT2D eigenvalue weighted by Crippen LogP contribution is 2.24. The number of likely N-dealkylation sites (tertiary alicyclic amines) is 1. The molecule has 1 aliphatic heterocycles. The third-order valence-corrected chi connectivity index (χ3v) is 6.15. The number of rotatable bonds is 9. The Morgan fingerprint density at radius 2 is 2.18 bits per heavy atom. The summed E-state index contributed by atoms with van der Waals surface area (Å²) < 4.78 is 5.09. The molecule has 1 saturated heterocycles. The van der Waals surface area contributed by atoms with Crippen molar-refractivity contribution < 1.29 is 9.32 Å². The standard InChI is InChI=1S/C21H30N4O2S/c1-16-7-12-25(13-8-16)11-4-3-9-22-20(26)19-6-5-10-23-21(19)28-15-18-14-17(2)27-24-18/h5-6,10,14,16H,3-4,7-9,11-13,15H2,1-2H3,(H,22,26). The lowest BCUT2D eigenvalue weighted by Gasteiger charge is -2.30. The summed E-state index contributed by atoms with van der Waals surface area (Å²) in [5, 5.41) is 7.76. The van der Waals surface area contributed by atoms with E-state index in [1.165, 1.54) is 37.7 Å². The zero-order valence-electron chi connectivity index (χ0n) is 16.8. The summed E-state index contributed by atoms with van der Waals surface area (Å²) in [6.07, 6.45) is 6.46. The number of amides is 1. The highest BCUT2D eigenvalue weighted by molar-refractivity contribution is 7.98. The maximum Gasteiger partial charge on any atom is 0.254 e. The molecule has 2 aromatic heterocycles. The van der Waals surface area contributed by atoms with E-state index in [1.807, 2.05) is 19.1 Å². The van der Waals surface area contributed by atoms with Crippen LogP contribution in [0.25, 0.3) is 0 Å². The van der Waals surface area contributed by atoms with Gasteiger partial charge in [0, 0.05) is 24.6 Å². The summed E-state index contributed by atoms with van der Waals surface area (Å²) in [5.74, 6) is 2.23. The second-order valence-electron chi connectivity index (χ2n) is 7.56. The van der Waals surface area contributed by atoms with Gasteiger partial charge in [-0.25, -0.2) is 4.98 Å². The Bertz CT molecular complexity index is 756. The predicted octanol–water partition coefficient (Wildman–Crippen LogP) is 3.91. The normalized spacial score (nSPS) is 15.6. The van der Waals surface area contributed by atoms with Gasteiger partial charge in [-0.2, -0.15) is 0 Å². The number of nitrogens with zero attached hydrogens (tertiary/aromatic N) is 3. The van der Waals surface area contributed by atoms with E-state index in [9.17, 15) is 4.79 Å². The lowest BCUT2D eigenvalue weighted by atomic mass is 9.99. The molecule has 1 fully saturated rings. The van der Waals surface area contributed by atoms with Crippen LogP contribution in [0.1, 0.15) is 54.4 Å². The molecule has 0 aliphatic carbocycles. The number of carbonyl (C=O) groups excluding carboxylic acids is 1. The Morgan fingerprint density at radius 1 is 1.36 bits per heavy atom. The van der Waals surface area contributed by atoms with Crippen molar-refractivity contribution >= 4 is 17.7 Å². The summed E-state index contributed by atoms with van der Waals surface area (Å²) >= 11 is 1.50. The van der Waals surface area contributed by atoms with Gasteiger partial charge in [0.05, 0.1) is 11.3 Å². The summed E-state index contributed by atoms with van der Waals surface area (Å²) in [4.78, 5) is 19.5. The van der Waals surface area contributed by atoms with Gasteiger partial charge < -0.3 is 14.7 Å². The quantitative estimate of drug-likeness (QED) is 0.506. The lowest BCUT2D eigenvalue weighted by molar-refractivity contribution is 0.0948. The molecular weight excluding hydrogens is 372 g/mol. The predicted molar refractivity (Wildman–Crippen MR) is 111 cm³/mol. The first-order valence-corrected chi connectivity index (χ1v) is 11.1. The average Bonchev–Trinajstić information content (AvgIpc) is 3.13. The molecule has 1 aliphatic rings. The summed E-state index contributed by atoms with van der Waals surface area (Å²) in [7, 11) is 0. The van der Waals surface area contributed by atoms with Gasteiger partial charge in [0.15, 0.2) is 0 Å². The van der Waals surface area contributed by atoms with E-state index >= 15 is 0 Å². The number of carbonyl (C=O) groups is 1. The number of hydrogen-bond acceptors (Lipinski definition) is 6. The van der Waals surface area contributed by atoms with Crippen molar-refractivity contribution in [1.29, 1.82) is 0 Å². The molecule has 1 N–H and O–H groups in total. The van der Waals surface area contributed by atoms with E-state index in [4.69, 9.17) is 4.52 Å². The van der Waals surface area contributed by atoms with Gasteiger partial charge in [-0.05, 0) is 70.3 Å². The molecule has 7 heteroatoms. The lowest BCUT2D eigenvalue weighted by Crippen LogP contribution is -2.34. The fourth-order valence-electron chi connectivity index (χ4n) is 3.35. The Morgan fingerprint density at radius 3 is 2.93 bits per heavy atom. The first-order chi connectivity index (χ1) is 13.6. The van der Waals surface area contributed by atoms with Crippen molar-refractivity contribution in [3.8, 4) is 0 Å². The maximum absolute atomic E-state index is 12.6. The van der Waals surface area contributed by atoms with Gasteiger partial charge in [-0.15, -0.1) is 0 Å². The highest BCUT2D eigenvalue weighted by Gasteiger charge is 2.15. The largest absolute Gasteiger partial charge is 0.361 e. The zero-order valence-corrected chi connectivity index (χ0v) is 17.6. The van der Waals surface area contributed by atoms with E-state index in [-0.39, 0.29) is 5.91 Å². The van der Waals surface area contributed by atoms with E-state index in [0.29, 0.717) is 17.9 Å². The molecule has 0 saturated carbocycles. The second-order valence-corrected chi connectivity index (χ2v) is 8.52. The van der Waals surface area contributed by atoms with E-state index < -0.39 is 0 Å². The molecule has 152 valence electrons. The van der Waals surface area contributed by atoms with Gasteiger partial charge in [0.25, 0.3) is 5.91 Å². The van der Waals surface area contributed by atoms with Crippen LogP contribution >= 0.6 is 11.8 Å². The summed E-state index contributed by atoms with van der Waals surface area (Å²) in [5.41, 5.74) is 1.48. The van der Waals surface area contributed by atoms with Crippen molar-refractivity contribution in [2.75, 3.05) is 26.2 Å². The smallest absolute Gasteiger partial charge is 0.254 e. The Balaban J connectivity index is 1.40. The molecule has 3 rings (SSSR count). The number of aryl methyl sites for hydroxylation is 1.